The lowest BCUT2D eigenvalue weighted by Gasteiger charge is -2.10. The number of nitrogens with zero attached hydrogens (tertiary/aromatic N) is 1. The number of benzene rings is 1. The number of aromatic carboxylic acids is 1. The first kappa shape index (κ1) is 16.0. The highest BCUT2D eigenvalue weighted by Crippen LogP contribution is 2.27. The van der Waals surface area contributed by atoms with E-state index in [2.05, 4.69) is 14.9 Å². The van der Waals surface area contributed by atoms with Gasteiger partial charge in [-0.1, -0.05) is 11.6 Å². The maximum Gasteiger partial charge on any atom is 0.357 e. The standard InChI is InChI=1S/C11H9ClIN3O4S/c1-5-10(9(11(17)18)15-14-5)21(19,20)16-8-3-2-6(13)4-7(8)12/h2-4,16H,1H3,(H,14,15)(H,17,18). The summed E-state index contributed by atoms with van der Waals surface area (Å²) in [5.74, 6) is -1.44. The lowest BCUT2D eigenvalue weighted by atomic mass is 10.3. The Morgan fingerprint density at radius 3 is 2.71 bits per heavy atom. The highest BCUT2D eigenvalue weighted by molar-refractivity contribution is 14.1. The monoisotopic (exact) mass is 441 g/mol. The average Bonchev–Trinajstić information content (AvgIpc) is 2.76. The minimum Gasteiger partial charge on any atom is -0.476 e. The van der Waals surface area contributed by atoms with Crippen molar-refractivity contribution in [1.29, 1.82) is 0 Å². The fraction of sp³-hybridized carbons (Fsp3) is 0.0909. The van der Waals surface area contributed by atoms with Gasteiger partial charge >= 0.3 is 5.97 Å². The van der Waals surface area contributed by atoms with Crippen LogP contribution in [0.2, 0.25) is 5.02 Å². The summed E-state index contributed by atoms with van der Waals surface area (Å²) in [6.07, 6.45) is 0. The van der Waals surface area contributed by atoms with Crippen LogP contribution >= 0.6 is 34.2 Å². The van der Waals surface area contributed by atoms with E-state index in [9.17, 15) is 13.2 Å². The zero-order valence-corrected chi connectivity index (χ0v) is 14.2. The molecule has 0 amide bonds. The molecular formula is C11H9ClIN3O4S. The summed E-state index contributed by atoms with van der Waals surface area (Å²) in [6, 6.07) is 4.75. The molecule has 2 aromatic rings. The molecule has 0 aliphatic heterocycles. The van der Waals surface area contributed by atoms with Gasteiger partial charge in [0.2, 0.25) is 0 Å². The number of carbonyl (C=O) groups is 1. The zero-order chi connectivity index (χ0) is 15.8. The van der Waals surface area contributed by atoms with Crippen molar-refractivity contribution in [1.82, 2.24) is 10.2 Å². The molecule has 7 nitrogen and oxygen atoms in total. The fourth-order valence-corrected chi connectivity index (χ4v) is 4.03. The van der Waals surface area contributed by atoms with Gasteiger partial charge in [-0.2, -0.15) is 5.10 Å². The van der Waals surface area contributed by atoms with Crippen LogP contribution in [0.5, 0.6) is 0 Å². The number of rotatable bonds is 4. The van der Waals surface area contributed by atoms with E-state index in [1.807, 2.05) is 22.6 Å². The van der Waals surface area contributed by atoms with Gasteiger partial charge in [-0.3, -0.25) is 9.82 Å². The zero-order valence-electron chi connectivity index (χ0n) is 10.5. The molecule has 3 N–H and O–H groups in total. The second kappa shape index (κ2) is 5.81. The van der Waals surface area contributed by atoms with Gasteiger partial charge in [0.05, 0.1) is 16.4 Å². The lowest BCUT2D eigenvalue weighted by Crippen LogP contribution is -2.17. The molecule has 0 aliphatic carbocycles. The van der Waals surface area contributed by atoms with Crippen molar-refractivity contribution in [2.45, 2.75) is 11.8 Å². The summed E-state index contributed by atoms with van der Waals surface area (Å²) < 4.78 is 27.8. The van der Waals surface area contributed by atoms with Crippen LogP contribution in [0.25, 0.3) is 0 Å². The molecule has 1 aromatic heterocycles. The van der Waals surface area contributed by atoms with Crippen LogP contribution in [0.1, 0.15) is 16.2 Å². The molecule has 0 bridgehead atoms. The molecule has 1 aromatic carbocycles. The van der Waals surface area contributed by atoms with Gasteiger partial charge in [0.15, 0.2) is 5.69 Å². The van der Waals surface area contributed by atoms with Crippen molar-refractivity contribution in [2.24, 2.45) is 0 Å². The molecule has 0 fully saturated rings. The molecule has 0 radical (unpaired) electrons. The molecular weight excluding hydrogens is 433 g/mol. The van der Waals surface area contributed by atoms with E-state index in [1.165, 1.54) is 13.0 Å². The van der Waals surface area contributed by atoms with Crippen LogP contribution in [0.15, 0.2) is 23.1 Å². The summed E-state index contributed by atoms with van der Waals surface area (Å²) in [5.41, 5.74) is -0.280. The summed E-state index contributed by atoms with van der Waals surface area (Å²) in [5, 5.41) is 15.0. The van der Waals surface area contributed by atoms with E-state index in [0.29, 0.717) is 0 Å². The van der Waals surface area contributed by atoms with E-state index in [4.69, 9.17) is 16.7 Å². The molecule has 2 rings (SSSR count). The number of carboxylic acid groups (broad SMARTS) is 1. The Hall–Kier alpha value is -1.33. The Bertz CT molecular complexity index is 819. The highest BCUT2D eigenvalue weighted by atomic mass is 127. The van der Waals surface area contributed by atoms with Crippen molar-refractivity contribution in [2.75, 3.05) is 4.72 Å². The van der Waals surface area contributed by atoms with Crippen molar-refractivity contribution >= 4 is 55.9 Å². The van der Waals surface area contributed by atoms with Crippen LogP contribution in [-0.2, 0) is 10.0 Å². The Balaban J connectivity index is 2.48. The second-order valence-electron chi connectivity index (χ2n) is 4.06. The Kier molecular flexibility index (Phi) is 4.44. The Morgan fingerprint density at radius 1 is 1.48 bits per heavy atom. The van der Waals surface area contributed by atoms with Crippen LogP contribution < -0.4 is 4.72 Å². The van der Waals surface area contributed by atoms with Crippen LogP contribution in [0.3, 0.4) is 0 Å². The first-order valence-corrected chi connectivity index (χ1v) is 8.42. The van der Waals surface area contributed by atoms with E-state index in [1.54, 1.807) is 12.1 Å². The number of halogens is 2. The van der Waals surface area contributed by atoms with Gasteiger partial charge in [0.1, 0.15) is 4.90 Å². The molecule has 10 heteroatoms. The molecule has 1 heterocycles. The van der Waals surface area contributed by atoms with Crippen molar-refractivity contribution < 1.29 is 18.3 Å². The van der Waals surface area contributed by atoms with Gasteiger partial charge in [-0.15, -0.1) is 0 Å². The smallest absolute Gasteiger partial charge is 0.357 e. The second-order valence-corrected chi connectivity index (χ2v) is 7.33. The van der Waals surface area contributed by atoms with E-state index >= 15 is 0 Å². The summed E-state index contributed by atoms with van der Waals surface area (Å²) in [7, 11) is -4.12. The van der Waals surface area contributed by atoms with Crippen molar-refractivity contribution in [3.05, 3.63) is 38.2 Å². The summed E-state index contributed by atoms with van der Waals surface area (Å²) in [6.45, 7) is 1.42. The normalized spacial score (nSPS) is 11.4. The number of nitrogens with one attached hydrogen (secondary N) is 2. The number of H-pyrrole nitrogens is 1. The van der Waals surface area contributed by atoms with Gasteiger partial charge in [-0.05, 0) is 47.7 Å². The number of anilines is 1. The number of sulfonamides is 1. The van der Waals surface area contributed by atoms with Crippen LogP contribution in [0, 0.1) is 10.5 Å². The molecule has 0 unspecified atom stereocenters. The number of aromatic amines is 1. The van der Waals surface area contributed by atoms with Gasteiger partial charge < -0.3 is 5.11 Å². The maximum absolute atomic E-state index is 12.4. The average molecular weight is 442 g/mol. The first-order valence-electron chi connectivity index (χ1n) is 5.48. The number of hydrogen-bond acceptors (Lipinski definition) is 4. The largest absolute Gasteiger partial charge is 0.476 e. The lowest BCUT2D eigenvalue weighted by molar-refractivity contribution is 0.0686. The topological polar surface area (TPSA) is 112 Å². The third kappa shape index (κ3) is 3.30. The number of aromatic nitrogens is 2. The summed E-state index contributed by atoms with van der Waals surface area (Å²) in [4.78, 5) is 10.6. The molecule has 0 aliphatic rings. The van der Waals surface area contributed by atoms with Gasteiger partial charge in [0, 0.05) is 3.57 Å². The van der Waals surface area contributed by atoms with Crippen LogP contribution in [0.4, 0.5) is 5.69 Å². The minimum atomic E-state index is -4.12. The molecule has 0 saturated carbocycles. The molecule has 0 saturated heterocycles. The van der Waals surface area contributed by atoms with E-state index in [0.717, 1.165) is 3.57 Å². The molecule has 112 valence electrons. The van der Waals surface area contributed by atoms with Gasteiger partial charge in [0.25, 0.3) is 10.0 Å². The van der Waals surface area contributed by atoms with E-state index in [-0.39, 0.29) is 16.4 Å². The Morgan fingerprint density at radius 2 is 2.14 bits per heavy atom. The molecule has 21 heavy (non-hydrogen) atoms. The summed E-state index contributed by atoms with van der Waals surface area (Å²) >= 11 is 8.00. The van der Waals surface area contributed by atoms with Crippen LogP contribution in [-0.4, -0.2) is 29.7 Å². The minimum absolute atomic E-state index is 0.126. The number of hydrogen-bond donors (Lipinski definition) is 3. The third-order valence-corrected chi connectivity index (χ3v) is 5.05. The van der Waals surface area contributed by atoms with Crippen molar-refractivity contribution in [3.8, 4) is 0 Å². The SMILES string of the molecule is Cc1[nH]nc(C(=O)O)c1S(=O)(=O)Nc1ccc(I)cc1Cl. The van der Waals surface area contributed by atoms with Crippen molar-refractivity contribution in [3.63, 3.8) is 0 Å². The Labute approximate surface area is 138 Å². The molecule has 0 atom stereocenters. The molecule has 0 spiro atoms. The third-order valence-electron chi connectivity index (χ3n) is 2.54. The predicted octanol–water partition coefficient (Wildman–Crippen LogP) is 2.48. The number of carboxylic acids is 1. The number of aryl methyl sites for hydroxylation is 1. The van der Waals surface area contributed by atoms with E-state index < -0.39 is 26.6 Å². The highest BCUT2D eigenvalue weighted by Gasteiger charge is 2.28. The predicted molar refractivity (Wildman–Crippen MR) is 85.3 cm³/mol. The maximum atomic E-state index is 12.4. The quantitative estimate of drug-likeness (QED) is 0.631. The first-order chi connectivity index (χ1) is 9.72. The van der Waals surface area contributed by atoms with Gasteiger partial charge in [-0.25, -0.2) is 13.2 Å². The fourth-order valence-electron chi connectivity index (χ4n) is 1.66.